The lowest BCUT2D eigenvalue weighted by atomic mass is 10.0. The van der Waals surface area contributed by atoms with Gasteiger partial charge in [-0.3, -0.25) is 19.8 Å². The number of hydrogen-bond acceptors (Lipinski definition) is 5. The van der Waals surface area contributed by atoms with Crippen LogP contribution in [-0.4, -0.2) is 33.2 Å². The molecule has 0 radical (unpaired) electrons. The summed E-state index contributed by atoms with van der Waals surface area (Å²) in [5.74, 6) is -1.21. The molecule has 7 heteroatoms. The van der Waals surface area contributed by atoms with E-state index in [4.69, 9.17) is 10.3 Å². The maximum Gasteiger partial charge on any atom is 0.320 e. The third-order valence-electron chi connectivity index (χ3n) is 2.92. The number of amides is 1. The molecule has 7 nitrogen and oxygen atoms in total. The average molecular weight is 307 g/mol. The zero-order chi connectivity index (χ0) is 16.5. The standard InChI is InChI=1S/C15H21N3O4/c1-10(2)7-13(15(20)21)17-9-11-3-4-12(16-8-11)5-6-14(19)18-22/h3-6,8,10,13,17,22H,7,9H2,1-2H3,(H,18,19)(H,20,21)/b6-5+/t13-/m0/s1. The van der Waals surface area contributed by atoms with Crippen LogP contribution in [-0.2, 0) is 16.1 Å². The smallest absolute Gasteiger partial charge is 0.320 e. The fourth-order valence-corrected chi connectivity index (χ4v) is 1.82. The van der Waals surface area contributed by atoms with Crippen LogP contribution in [0.4, 0.5) is 0 Å². The third kappa shape index (κ3) is 6.47. The molecule has 0 saturated heterocycles. The number of carboxylic acid groups (broad SMARTS) is 1. The van der Waals surface area contributed by atoms with Gasteiger partial charge in [0.05, 0.1) is 5.69 Å². The first-order valence-electron chi connectivity index (χ1n) is 6.95. The van der Waals surface area contributed by atoms with Gasteiger partial charge in [-0.15, -0.1) is 0 Å². The molecule has 0 fully saturated rings. The number of aromatic nitrogens is 1. The molecule has 1 aromatic rings. The first-order valence-corrected chi connectivity index (χ1v) is 6.95. The lowest BCUT2D eigenvalue weighted by molar-refractivity contribution is -0.140. The quantitative estimate of drug-likeness (QED) is 0.326. The van der Waals surface area contributed by atoms with Gasteiger partial charge in [-0.2, -0.15) is 0 Å². The van der Waals surface area contributed by atoms with Crippen LogP contribution < -0.4 is 10.8 Å². The van der Waals surface area contributed by atoms with Gasteiger partial charge in [0.2, 0.25) is 0 Å². The highest BCUT2D eigenvalue weighted by Crippen LogP contribution is 2.07. The molecule has 0 aliphatic heterocycles. The van der Waals surface area contributed by atoms with Crippen molar-refractivity contribution in [2.75, 3.05) is 0 Å². The molecular weight excluding hydrogens is 286 g/mol. The van der Waals surface area contributed by atoms with Crippen molar-refractivity contribution in [3.8, 4) is 0 Å². The number of aliphatic carboxylic acids is 1. The number of pyridine rings is 1. The molecule has 0 bridgehead atoms. The van der Waals surface area contributed by atoms with Crippen molar-refractivity contribution >= 4 is 18.0 Å². The van der Waals surface area contributed by atoms with Crippen LogP contribution in [0.5, 0.6) is 0 Å². The zero-order valence-corrected chi connectivity index (χ0v) is 12.6. The molecule has 1 aromatic heterocycles. The summed E-state index contributed by atoms with van der Waals surface area (Å²) in [5.41, 5.74) is 2.89. The van der Waals surface area contributed by atoms with E-state index in [1.54, 1.807) is 18.3 Å². The Kier molecular flexibility index (Phi) is 7.21. The Balaban J connectivity index is 2.58. The molecule has 22 heavy (non-hydrogen) atoms. The number of nitrogens with one attached hydrogen (secondary N) is 2. The molecule has 1 rings (SSSR count). The monoisotopic (exact) mass is 307 g/mol. The fourth-order valence-electron chi connectivity index (χ4n) is 1.82. The summed E-state index contributed by atoms with van der Waals surface area (Å²) < 4.78 is 0. The van der Waals surface area contributed by atoms with Gasteiger partial charge in [0, 0.05) is 18.8 Å². The number of rotatable bonds is 8. The number of carbonyl (C=O) groups is 2. The highest BCUT2D eigenvalue weighted by Gasteiger charge is 2.17. The predicted molar refractivity (Wildman–Crippen MR) is 80.9 cm³/mol. The molecule has 1 amide bonds. The molecule has 120 valence electrons. The van der Waals surface area contributed by atoms with E-state index in [0.717, 1.165) is 11.6 Å². The minimum absolute atomic E-state index is 0.289. The van der Waals surface area contributed by atoms with E-state index >= 15 is 0 Å². The lowest BCUT2D eigenvalue weighted by Gasteiger charge is -2.16. The number of hydroxylamine groups is 1. The van der Waals surface area contributed by atoms with Crippen molar-refractivity contribution < 1.29 is 19.9 Å². The molecule has 0 spiro atoms. The van der Waals surface area contributed by atoms with E-state index in [9.17, 15) is 9.59 Å². The second kappa shape index (κ2) is 8.91. The predicted octanol–water partition coefficient (Wildman–Crippen LogP) is 1.19. The van der Waals surface area contributed by atoms with Gasteiger partial charge in [-0.05, 0) is 30.0 Å². The maximum atomic E-state index is 11.1. The minimum Gasteiger partial charge on any atom is -0.480 e. The highest BCUT2D eigenvalue weighted by atomic mass is 16.5. The van der Waals surface area contributed by atoms with Crippen molar-refractivity contribution in [1.82, 2.24) is 15.8 Å². The largest absolute Gasteiger partial charge is 0.480 e. The Morgan fingerprint density at radius 2 is 2.09 bits per heavy atom. The average Bonchev–Trinajstić information content (AvgIpc) is 2.49. The molecule has 1 atom stereocenters. The van der Waals surface area contributed by atoms with Crippen molar-refractivity contribution in [1.29, 1.82) is 0 Å². The van der Waals surface area contributed by atoms with E-state index in [1.165, 1.54) is 11.6 Å². The van der Waals surface area contributed by atoms with Gasteiger partial charge in [0.25, 0.3) is 5.91 Å². The van der Waals surface area contributed by atoms with Crippen LogP contribution in [0, 0.1) is 5.92 Å². The molecule has 0 unspecified atom stereocenters. The second-order valence-electron chi connectivity index (χ2n) is 5.30. The Morgan fingerprint density at radius 1 is 1.36 bits per heavy atom. The van der Waals surface area contributed by atoms with E-state index in [1.807, 2.05) is 13.8 Å². The molecular formula is C15H21N3O4. The van der Waals surface area contributed by atoms with Crippen molar-refractivity contribution in [3.05, 3.63) is 35.7 Å². The molecule has 1 heterocycles. The van der Waals surface area contributed by atoms with Gasteiger partial charge in [0.15, 0.2) is 0 Å². The summed E-state index contributed by atoms with van der Waals surface area (Å²) in [6, 6.07) is 2.91. The SMILES string of the molecule is CC(C)C[C@H](NCc1ccc(/C=C/C(=O)NO)nc1)C(=O)O. The molecule has 4 N–H and O–H groups in total. The van der Waals surface area contributed by atoms with Crippen LogP contribution in [0.2, 0.25) is 0 Å². The minimum atomic E-state index is -0.865. The highest BCUT2D eigenvalue weighted by molar-refractivity contribution is 5.90. The molecule has 0 aromatic carbocycles. The number of nitrogens with zero attached hydrogens (tertiary/aromatic N) is 1. The van der Waals surface area contributed by atoms with Gasteiger partial charge in [-0.1, -0.05) is 19.9 Å². The molecule has 0 aliphatic carbocycles. The summed E-state index contributed by atoms with van der Waals surface area (Å²) in [5, 5.41) is 20.5. The first-order chi connectivity index (χ1) is 10.4. The van der Waals surface area contributed by atoms with Crippen molar-refractivity contribution in [3.63, 3.8) is 0 Å². The first kappa shape index (κ1) is 17.8. The summed E-state index contributed by atoms with van der Waals surface area (Å²) in [7, 11) is 0. The third-order valence-corrected chi connectivity index (χ3v) is 2.92. The van der Waals surface area contributed by atoms with Crippen LogP contribution in [0.25, 0.3) is 6.08 Å². The van der Waals surface area contributed by atoms with E-state index in [0.29, 0.717) is 18.7 Å². The Bertz CT molecular complexity index is 526. The second-order valence-corrected chi connectivity index (χ2v) is 5.30. The van der Waals surface area contributed by atoms with Crippen molar-refractivity contribution in [2.24, 2.45) is 5.92 Å². The van der Waals surface area contributed by atoms with E-state index in [2.05, 4.69) is 10.3 Å². The lowest BCUT2D eigenvalue weighted by Crippen LogP contribution is -2.37. The summed E-state index contributed by atoms with van der Waals surface area (Å²) >= 11 is 0. The normalized spacial score (nSPS) is 12.5. The van der Waals surface area contributed by atoms with Gasteiger partial charge in [-0.25, -0.2) is 5.48 Å². The van der Waals surface area contributed by atoms with Gasteiger partial charge >= 0.3 is 5.97 Å². The Labute approximate surface area is 129 Å². The molecule has 0 saturated carbocycles. The number of carbonyl (C=O) groups excluding carboxylic acids is 1. The topological polar surface area (TPSA) is 112 Å². The fraction of sp³-hybridized carbons (Fsp3) is 0.400. The van der Waals surface area contributed by atoms with E-state index in [-0.39, 0.29) is 5.92 Å². The number of hydrogen-bond donors (Lipinski definition) is 4. The van der Waals surface area contributed by atoms with Crippen LogP contribution in [0.3, 0.4) is 0 Å². The van der Waals surface area contributed by atoms with Gasteiger partial charge < -0.3 is 10.4 Å². The van der Waals surface area contributed by atoms with E-state index < -0.39 is 17.9 Å². The van der Waals surface area contributed by atoms with Gasteiger partial charge in [0.1, 0.15) is 6.04 Å². The summed E-state index contributed by atoms with van der Waals surface area (Å²) in [4.78, 5) is 26.1. The summed E-state index contributed by atoms with van der Waals surface area (Å²) in [6.45, 7) is 4.35. The summed E-state index contributed by atoms with van der Waals surface area (Å²) in [6.07, 6.45) is 4.78. The van der Waals surface area contributed by atoms with Crippen LogP contribution >= 0.6 is 0 Å². The van der Waals surface area contributed by atoms with Crippen molar-refractivity contribution in [2.45, 2.75) is 32.9 Å². The Morgan fingerprint density at radius 3 is 2.59 bits per heavy atom. The Hall–Kier alpha value is -2.25. The molecule has 0 aliphatic rings. The van der Waals surface area contributed by atoms with Crippen LogP contribution in [0.15, 0.2) is 24.4 Å². The number of carboxylic acids is 1. The zero-order valence-electron chi connectivity index (χ0n) is 12.6. The maximum absolute atomic E-state index is 11.1. The van der Waals surface area contributed by atoms with Crippen LogP contribution in [0.1, 0.15) is 31.5 Å².